The average molecular weight is 284 g/mol. The van der Waals surface area contributed by atoms with Crippen molar-refractivity contribution in [2.45, 2.75) is 52.4 Å². The third-order valence-electron chi connectivity index (χ3n) is 4.37. The zero-order valence-corrected chi connectivity index (χ0v) is 13.2. The molecule has 1 aliphatic heterocycles. The number of piperidine rings is 1. The van der Waals surface area contributed by atoms with Crippen LogP contribution >= 0.6 is 0 Å². The van der Waals surface area contributed by atoms with Crippen LogP contribution in [0.4, 0.5) is 0 Å². The van der Waals surface area contributed by atoms with Gasteiger partial charge in [-0.05, 0) is 44.2 Å². The van der Waals surface area contributed by atoms with Gasteiger partial charge in [-0.2, -0.15) is 0 Å². The van der Waals surface area contributed by atoms with E-state index >= 15 is 0 Å². The number of likely N-dealkylation sites (tertiary alicyclic amines) is 1. The maximum Gasteiger partial charge on any atom is 0.317 e. The lowest BCUT2D eigenvalue weighted by Gasteiger charge is -2.35. The van der Waals surface area contributed by atoms with Gasteiger partial charge < -0.3 is 15.3 Å². The van der Waals surface area contributed by atoms with Crippen LogP contribution in [0.25, 0.3) is 0 Å². The summed E-state index contributed by atoms with van der Waals surface area (Å²) in [4.78, 5) is 13.1. The first kappa shape index (κ1) is 17.4. The Morgan fingerprint density at radius 1 is 1.45 bits per heavy atom. The van der Waals surface area contributed by atoms with E-state index in [0.29, 0.717) is 5.92 Å². The van der Waals surface area contributed by atoms with Gasteiger partial charge in [0, 0.05) is 13.1 Å². The van der Waals surface area contributed by atoms with Crippen molar-refractivity contribution in [1.29, 1.82) is 0 Å². The average Bonchev–Trinajstić information content (AvgIpc) is 2.43. The largest absolute Gasteiger partial charge is 0.480 e. The fourth-order valence-electron chi connectivity index (χ4n) is 3.15. The summed E-state index contributed by atoms with van der Waals surface area (Å²) >= 11 is 0. The first-order valence-electron chi connectivity index (χ1n) is 8.30. The predicted molar refractivity (Wildman–Crippen MR) is 83.0 cm³/mol. The van der Waals surface area contributed by atoms with E-state index in [1.165, 1.54) is 51.6 Å². The van der Waals surface area contributed by atoms with Crippen molar-refractivity contribution in [2.24, 2.45) is 11.8 Å². The standard InChI is InChI=1S/C16H32N2O2/c1-3-5-7-14(4-2)12-18-9-6-8-15(13-18)10-17-11-16(19)20/h14-15,17H,3-13H2,1-2H3,(H,19,20). The number of nitrogens with one attached hydrogen (secondary N) is 1. The molecular formula is C16H32N2O2. The van der Waals surface area contributed by atoms with Crippen LogP contribution in [0.5, 0.6) is 0 Å². The Hall–Kier alpha value is -0.610. The van der Waals surface area contributed by atoms with Crippen LogP contribution in [0.15, 0.2) is 0 Å². The lowest BCUT2D eigenvalue weighted by Crippen LogP contribution is -2.42. The maximum absolute atomic E-state index is 10.5. The molecule has 2 unspecified atom stereocenters. The Labute approximate surface area is 123 Å². The van der Waals surface area contributed by atoms with E-state index in [4.69, 9.17) is 5.11 Å². The SMILES string of the molecule is CCCCC(CC)CN1CCCC(CNCC(=O)O)C1. The lowest BCUT2D eigenvalue weighted by atomic mass is 9.94. The van der Waals surface area contributed by atoms with Crippen molar-refractivity contribution < 1.29 is 9.90 Å². The van der Waals surface area contributed by atoms with Crippen LogP contribution in [0.2, 0.25) is 0 Å². The molecule has 0 bridgehead atoms. The second kappa shape index (κ2) is 10.2. The molecule has 0 saturated carbocycles. The molecule has 0 radical (unpaired) electrons. The van der Waals surface area contributed by atoms with Gasteiger partial charge in [-0.1, -0.05) is 33.1 Å². The first-order valence-corrected chi connectivity index (χ1v) is 8.30. The highest BCUT2D eigenvalue weighted by molar-refractivity contribution is 5.68. The van der Waals surface area contributed by atoms with E-state index in [0.717, 1.165) is 19.0 Å². The number of hydrogen-bond donors (Lipinski definition) is 2. The van der Waals surface area contributed by atoms with E-state index < -0.39 is 5.97 Å². The summed E-state index contributed by atoms with van der Waals surface area (Å²) in [5.74, 6) is 0.690. The van der Waals surface area contributed by atoms with Crippen LogP contribution in [-0.2, 0) is 4.79 Å². The molecule has 0 aromatic rings. The van der Waals surface area contributed by atoms with Crippen molar-refractivity contribution in [2.75, 3.05) is 32.7 Å². The highest BCUT2D eigenvalue weighted by atomic mass is 16.4. The highest BCUT2D eigenvalue weighted by Gasteiger charge is 2.21. The van der Waals surface area contributed by atoms with Gasteiger partial charge in [-0.25, -0.2) is 0 Å². The molecule has 2 atom stereocenters. The third kappa shape index (κ3) is 7.25. The molecule has 1 rings (SSSR count). The van der Waals surface area contributed by atoms with Crippen molar-refractivity contribution in [3.8, 4) is 0 Å². The van der Waals surface area contributed by atoms with Gasteiger partial charge in [0.05, 0.1) is 6.54 Å². The Kier molecular flexibility index (Phi) is 8.86. The van der Waals surface area contributed by atoms with Gasteiger partial charge in [-0.15, -0.1) is 0 Å². The molecule has 20 heavy (non-hydrogen) atoms. The molecule has 1 saturated heterocycles. The van der Waals surface area contributed by atoms with Crippen molar-refractivity contribution in [3.63, 3.8) is 0 Å². The summed E-state index contributed by atoms with van der Waals surface area (Å²) in [5, 5.41) is 11.7. The van der Waals surface area contributed by atoms with Gasteiger partial charge in [0.2, 0.25) is 0 Å². The Balaban J connectivity index is 2.26. The van der Waals surface area contributed by atoms with Gasteiger partial charge in [0.1, 0.15) is 0 Å². The summed E-state index contributed by atoms with van der Waals surface area (Å²) < 4.78 is 0. The Morgan fingerprint density at radius 3 is 2.90 bits per heavy atom. The quantitative estimate of drug-likeness (QED) is 0.647. The summed E-state index contributed by atoms with van der Waals surface area (Å²) in [6.45, 7) is 9.08. The highest BCUT2D eigenvalue weighted by Crippen LogP contribution is 2.20. The fourth-order valence-corrected chi connectivity index (χ4v) is 3.15. The molecule has 1 aliphatic rings. The molecule has 1 fully saturated rings. The molecule has 0 spiro atoms. The number of carboxylic acid groups (broad SMARTS) is 1. The molecule has 0 aromatic heterocycles. The number of unbranched alkanes of at least 4 members (excludes halogenated alkanes) is 1. The molecule has 1 heterocycles. The van der Waals surface area contributed by atoms with E-state index in [1.807, 2.05) is 0 Å². The first-order chi connectivity index (χ1) is 9.65. The van der Waals surface area contributed by atoms with Crippen LogP contribution < -0.4 is 5.32 Å². The van der Waals surface area contributed by atoms with Gasteiger partial charge >= 0.3 is 5.97 Å². The lowest BCUT2D eigenvalue weighted by molar-refractivity contribution is -0.136. The topological polar surface area (TPSA) is 52.6 Å². The molecule has 118 valence electrons. The monoisotopic (exact) mass is 284 g/mol. The number of aliphatic carboxylic acids is 1. The Morgan fingerprint density at radius 2 is 2.25 bits per heavy atom. The maximum atomic E-state index is 10.5. The van der Waals surface area contributed by atoms with Crippen LogP contribution in [0.3, 0.4) is 0 Å². The second-order valence-corrected chi connectivity index (χ2v) is 6.21. The van der Waals surface area contributed by atoms with E-state index in [2.05, 4.69) is 24.1 Å². The molecule has 0 aromatic carbocycles. The molecule has 0 amide bonds. The molecule has 2 N–H and O–H groups in total. The van der Waals surface area contributed by atoms with E-state index in [9.17, 15) is 4.79 Å². The van der Waals surface area contributed by atoms with E-state index in [-0.39, 0.29) is 6.54 Å². The van der Waals surface area contributed by atoms with Crippen molar-refractivity contribution >= 4 is 5.97 Å². The van der Waals surface area contributed by atoms with Gasteiger partial charge in [-0.3, -0.25) is 4.79 Å². The summed E-state index contributed by atoms with van der Waals surface area (Å²) in [6, 6.07) is 0. The minimum absolute atomic E-state index is 0.0879. The summed E-state index contributed by atoms with van der Waals surface area (Å²) in [5.41, 5.74) is 0. The predicted octanol–water partition coefficient (Wildman–Crippen LogP) is 2.59. The van der Waals surface area contributed by atoms with Crippen molar-refractivity contribution in [3.05, 3.63) is 0 Å². The minimum atomic E-state index is -0.761. The zero-order chi connectivity index (χ0) is 14.8. The summed E-state index contributed by atoms with van der Waals surface area (Å²) in [6.07, 6.45) is 7.75. The number of carbonyl (C=O) groups is 1. The third-order valence-corrected chi connectivity index (χ3v) is 4.37. The van der Waals surface area contributed by atoms with Gasteiger partial charge in [0.25, 0.3) is 0 Å². The summed E-state index contributed by atoms with van der Waals surface area (Å²) in [7, 11) is 0. The molecule has 4 heteroatoms. The fraction of sp³-hybridized carbons (Fsp3) is 0.938. The smallest absolute Gasteiger partial charge is 0.317 e. The minimum Gasteiger partial charge on any atom is -0.480 e. The van der Waals surface area contributed by atoms with E-state index in [1.54, 1.807) is 0 Å². The van der Waals surface area contributed by atoms with Crippen molar-refractivity contribution in [1.82, 2.24) is 10.2 Å². The zero-order valence-electron chi connectivity index (χ0n) is 13.2. The molecule has 0 aliphatic carbocycles. The number of carboxylic acids is 1. The number of hydrogen-bond acceptors (Lipinski definition) is 3. The Bertz CT molecular complexity index is 271. The number of rotatable bonds is 10. The van der Waals surface area contributed by atoms with Crippen LogP contribution in [0, 0.1) is 11.8 Å². The van der Waals surface area contributed by atoms with Gasteiger partial charge in [0.15, 0.2) is 0 Å². The number of nitrogens with zero attached hydrogens (tertiary/aromatic N) is 1. The molecular weight excluding hydrogens is 252 g/mol. The van der Waals surface area contributed by atoms with Crippen LogP contribution in [0.1, 0.15) is 52.4 Å². The second-order valence-electron chi connectivity index (χ2n) is 6.21. The normalized spacial score (nSPS) is 21.8. The molecule has 4 nitrogen and oxygen atoms in total. The van der Waals surface area contributed by atoms with Crippen LogP contribution in [-0.4, -0.2) is 48.7 Å².